The first-order valence-electron chi connectivity index (χ1n) is 5.12. The van der Waals surface area contributed by atoms with Crippen molar-refractivity contribution in [2.75, 3.05) is 25.1 Å². The molecule has 0 N–H and O–H groups in total. The number of pyridine rings is 1. The molecule has 3 nitrogen and oxygen atoms in total. The van der Waals surface area contributed by atoms with Gasteiger partial charge in [0.25, 0.3) is 0 Å². The van der Waals surface area contributed by atoms with Crippen molar-refractivity contribution in [1.29, 1.82) is 0 Å². The number of hydrogen-bond donors (Lipinski definition) is 0. The standard InChI is InChI=1S/C11H15N3S/c1-15-8-7-14-6-4-11(13-14)10-3-2-5-12-9-10/h2-3,5,9H,4,6-8H2,1H3. The van der Waals surface area contributed by atoms with Crippen LogP contribution >= 0.6 is 11.8 Å². The van der Waals surface area contributed by atoms with E-state index in [-0.39, 0.29) is 0 Å². The SMILES string of the molecule is CSCCN1CCC(c2cccnc2)=N1. The Morgan fingerprint density at radius 2 is 2.47 bits per heavy atom. The highest BCUT2D eigenvalue weighted by atomic mass is 32.2. The van der Waals surface area contributed by atoms with E-state index in [2.05, 4.69) is 27.4 Å². The summed E-state index contributed by atoms with van der Waals surface area (Å²) < 4.78 is 0. The molecular weight excluding hydrogens is 206 g/mol. The van der Waals surface area contributed by atoms with E-state index in [1.807, 2.05) is 24.0 Å². The van der Waals surface area contributed by atoms with E-state index in [1.165, 1.54) is 5.71 Å². The topological polar surface area (TPSA) is 28.5 Å². The fraction of sp³-hybridized carbons (Fsp3) is 0.455. The molecule has 4 heteroatoms. The van der Waals surface area contributed by atoms with Crippen molar-refractivity contribution in [3.05, 3.63) is 30.1 Å². The number of aromatic nitrogens is 1. The van der Waals surface area contributed by atoms with Gasteiger partial charge in [-0.2, -0.15) is 16.9 Å². The minimum atomic E-state index is 1.04. The highest BCUT2D eigenvalue weighted by Crippen LogP contribution is 2.12. The normalized spacial score (nSPS) is 15.5. The van der Waals surface area contributed by atoms with Crippen LogP contribution in [0.4, 0.5) is 0 Å². The summed E-state index contributed by atoms with van der Waals surface area (Å²) in [7, 11) is 0. The first-order valence-corrected chi connectivity index (χ1v) is 6.51. The Balaban J connectivity index is 2.00. The Morgan fingerprint density at radius 1 is 1.53 bits per heavy atom. The quantitative estimate of drug-likeness (QED) is 0.777. The summed E-state index contributed by atoms with van der Waals surface area (Å²) in [5, 5.41) is 6.74. The summed E-state index contributed by atoms with van der Waals surface area (Å²) >= 11 is 1.86. The Labute approximate surface area is 94.6 Å². The smallest absolute Gasteiger partial charge is 0.0711 e. The minimum Gasteiger partial charge on any atom is -0.296 e. The second-order valence-corrected chi connectivity index (χ2v) is 4.47. The van der Waals surface area contributed by atoms with Crippen LogP contribution in [0.3, 0.4) is 0 Å². The lowest BCUT2D eigenvalue weighted by Gasteiger charge is -2.11. The van der Waals surface area contributed by atoms with Crippen LogP contribution < -0.4 is 0 Å². The lowest BCUT2D eigenvalue weighted by molar-refractivity contribution is 0.339. The van der Waals surface area contributed by atoms with E-state index in [0.717, 1.165) is 30.8 Å². The van der Waals surface area contributed by atoms with Gasteiger partial charge in [0.05, 0.1) is 5.71 Å². The molecule has 1 aliphatic heterocycles. The minimum absolute atomic E-state index is 1.04. The van der Waals surface area contributed by atoms with Crippen molar-refractivity contribution in [3.8, 4) is 0 Å². The number of nitrogens with zero attached hydrogens (tertiary/aromatic N) is 3. The van der Waals surface area contributed by atoms with Crippen LogP contribution in [0.5, 0.6) is 0 Å². The van der Waals surface area contributed by atoms with E-state index in [0.29, 0.717) is 0 Å². The molecule has 0 unspecified atom stereocenters. The monoisotopic (exact) mass is 221 g/mol. The van der Waals surface area contributed by atoms with Gasteiger partial charge in [-0.3, -0.25) is 9.99 Å². The van der Waals surface area contributed by atoms with Crippen LogP contribution in [0.15, 0.2) is 29.6 Å². The molecular formula is C11H15N3S. The Hall–Kier alpha value is -1.03. The molecule has 0 saturated heterocycles. The lowest BCUT2D eigenvalue weighted by atomic mass is 10.1. The summed E-state index contributed by atoms with van der Waals surface area (Å²) in [6.07, 6.45) is 6.85. The van der Waals surface area contributed by atoms with Crippen LogP contribution in [0, 0.1) is 0 Å². The summed E-state index contributed by atoms with van der Waals surface area (Å²) in [4.78, 5) is 4.11. The molecule has 0 aliphatic carbocycles. The van der Waals surface area contributed by atoms with Gasteiger partial charge >= 0.3 is 0 Å². The highest BCUT2D eigenvalue weighted by molar-refractivity contribution is 7.98. The van der Waals surface area contributed by atoms with Crippen LogP contribution in [-0.4, -0.2) is 40.8 Å². The summed E-state index contributed by atoms with van der Waals surface area (Å²) in [6, 6.07) is 4.03. The second kappa shape index (κ2) is 5.16. The number of thioether (sulfide) groups is 1. The van der Waals surface area contributed by atoms with Crippen molar-refractivity contribution in [3.63, 3.8) is 0 Å². The molecule has 0 aromatic carbocycles. The molecule has 1 aliphatic rings. The van der Waals surface area contributed by atoms with Crippen LogP contribution in [0.25, 0.3) is 0 Å². The predicted octanol–water partition coefficient (Wildman–Crippen LogP) is 1.85. The van der Waals surface area contributed by atoms with Gasteiger partial charge in [0.15, 0.2) is 0 Å². The van der Waals surface area contributed by atoms with E-state index in [1.54, 1.807) is 6.20 Å². The molecule has 1 aromatic heterocycles. The molecule has 0 fully saturated rings. The summed E-state index contributed by atoms with van der Waals surface area (Å²) in [5.41, 5.74) is 2.33. The maximum atomic E-state index is 4.59. The van der Waals surface area contributed by atoms with Crippen LogP contribution in [0.1, 0.15) is 12.0 Å². The van der Waals surface area contributed by atoms with E-state index in [9.17, 15) is 0 Å². The van der Waals surface area contributed by atoms with Gasteiger partial charge in [0, 0.05) is 43.2 Å². The van der Waals surface area contributed by atoms with Crippen molar-refractivity contribution < 1.29 is 0 Å². The molecule has 0 bridgehead atoms. The van der Waals surface area contributed by atoms with Crippen molar-refractivity contribution in [1.82, 2.24) is 9.99 Å². The first-order chi connectivity index (χ1) is 7.40. The zero-order valence-electron chi connectivity index (χ0n) is 8.89. The van der Waals surface area contributed by atoms with Gasteiger partial charge < -0.3 is 0 Å². The Kier molecular flexibility index (Phi) is 3.61. The van der Waals surface area contributed by atoms with Gasteiger partial charge in [0.2, 0.25) is 0 Å². The van der Waals surface area contributed by atoms with Gasteiger partial charge in [-0.1, -0.05) is 6.07 Å². The van der Waals surface area contributed by atoms with Gasteiger partial charge in [0.1, 0.15) is 0 Å². The average molecular weight is 221 g/mol. The van der Waals surface area contributed by atoms with Gasteiger partial charge in [-0.25, -0.2) is 0 Å². The van der Waals surface area contributed by atoms with Crippen molar-refractivity contribution in [2.24, 2.45) is 5.10 Å². The third kappa shape index (κ3) is 2.72. The second-order valence-electron chi connectivity index (χ2n) is 3.48. The largest absolute Gasteiger partial charge is 0.296 e. The fourth-order valence-electron chi connectivity index (χ4n) is 1.60. The fourth-order valence-corrected chi connectivity index (χ4v) is 1.99. The molecule has 0 saturated carbocycles. The maximum absolute atomic E-state index is 4.59. The zero-order valence-corrected chi connectivity index (χ0v) is 9.70. The molecule has 15 heavy (non-hydrogen) atoms. The maximum Gasteiger partial charge on any atom is 0.0711 e. The van der Waals surface area contributed by atoms with E-state index in [4.69, 9.17) is 0 Å². The third-order valence-electron chi connectivity index (χ3n) is 2.42. The molecule has 2 heterocycles. The highest BCUT2D eigenvalue weighted by Gasteiger charge is 2.14. The number of hydrazone groups is 1. The zero-order chi connectivity index (χ0) is 10.5. The summed E-state index contributed by atoms with van der Waals surface area (Å²) in [6.45, 7) is 2.09. The molecule has 80 valence electrons. The number of hydrogen-bond acceptors (Lipinski definition) is 4. The Morgan fingerprint density at radius 3 is 3.20 bits per heavy atom. The van der Waals surface area contributed by atoms with Crippen molar-refractivity contribution >= 4 is 17.5 Å². The average Bonchev–Trinajstić information content (AvgIpc) is 2.76. The Bertz CT molecular complexity index is 337. The van der Waals surface area contributed by atoms with E-state index >= 15 is 0 Å². The molecule has 1 aromatic rings. The molecule has 0 spiro atoms. The number of rotatable bonds is 4. The predicted molar refractivity (Wildman–Crippen MR) is 65.3 cm³/mol. The lowest BCUT2D eigenvalue weighted by Crippen LogP contribution is -2.16. The van der Waals surface area contributed by atoms with Crippen LogP contribution in [0.2, 0.25) is 0 Å². The van der Waals surface area contributed by atoms with Gasteiger partial charge in [-0.05, 0) is 12.3 Å². The molecule has 0 atom stereocenters. The third-order valence-corrected chi connectivity index (χ3v) is 3.01. The van der Waals surface area contributed by atoms with Crippen molar-refractivity contribution in [2.45, 2.75) is 6.42 Å². The van der Waals surface area contributed by atoms with Gasteiger partial charge in [-0.15, -0.1) is 0 Å². The van der Waals surface area contributed by atoms with E-state index < -0.39 is 0 Å². The first kappa shape index (κ1) is 10.5. The van der Waals surface area contributed by atoms with Crippen LogP contribution in [-0.2, 0) is 0 Å². The molecule has 0 radical (unpaired) electrons. The summed E-state index contributed by atoms with van der Waals surface area (Å²) in [5.74, 6) is 1.14. The molecule has 2 rings (SSSR count). The molecule has 0 amide bonds.